The Morgan fingerprint density at radius 3 is 2.45 bits per heavy atom. The van der Waals surface area contributed by atoms with Gasteiger partial charge in [-0.05, 0) is 36.4 Å². The second-order valence-corrected chi connectivity index (χ2v) is 5.34. The van der Waals surface area contributed by atoms with E-state index >= 15 is 0 Å². The van der Waals surface area contributed by atoms with Crippen LogP contribution in [-0.4, -0.2) is 19.2 Å². The van der Waals surface area contributed by atoms with Gasteiger partial charge in [0.25, 0.3) is 0 Å². The van der Waals surface area contributed by atoms with E-state index in [1.807, 2.05) is 36.4 Å². The topological polar surface area (TPSA) is 57.4 Å². The molecular weight excluding hydrogens is 272 g/mol. The highest BCUT2D eigenvalue weighted by molar-refractivity contribution is 7.21. The maximum Gasteiger partial charge on any atom is 0.126 e. The summed E-state index contributed by atoms with van der Waals surface area (Å²) in [5.74, 6) is 1.59. The standard InChI is InChI=1S/C15H14N2O2S/c1-18-9-3-5-12(16)11(7-9)15-17-13-6-4-10(19-2)8-14(13)20-15/h3-8H,16H2,1-2H3. The summed E-state index contributed by atoms with van der Waals surface area (Å²) in [6, 6.07) is 11.4. The monoisotopic (exact) mass is 286 g/mol. The molecule has 0 aliphatic carbocycles. The van der Waals surface area contributed by atoms with Crippen LogP contribution in [0.25, 0.3) is 20.8 Å². The average molecular weight is 286 g/mol. The van der Waals surface area contributed by atoms with Crippen molar-refractivity contribution < 1.29 is 9.47 Å². The second-order valence-electron chi connectivity index (χ2n) is 4.31. The highest BCUT2D eigenvalue weighted by Crippen LogP contribution is 2.36. The molecule has 4 nitrogen and oxygen atoms in total. The zero-order chi connectivity index (χ0) is 14.1. The lowest BCUT2D eigenvalue weighted by atomic mass is 10.2. The SMILES string of the molecule is COc1ccc(N)c(-c2nc3ccc(OC)cc3s2)c1. The van der Waals surface area contributed by atoms with Crippen molar-refractivity contribution in [3.8, 4) is 22.1 Å². The Labute approximate surface area is 120 Å². The first-order valence-corrected chi connectivity index (χ1v) is 6.91. The van der Waals surface area contributed by atoms with Crippen molar-refractivity contribution in [1.82, 2.24) is 4.98 Å². The van der Waals surface area contributed by atoms with Gasteiger partial charge in [-0.2, -0.15) is 0 Å². The normalized spacial score (nSPS) is 10.7. The molecule has 0 aliphatic rings. The Kier molecular flexibility index (Phi) is 3.20. The van der Waals surface area contributed by atoms with E-state index < -0.39 is 0 Å². The van der Waals surface area contributed by atoms with Gasteiger partial charge in [0.2, 0.25) is 0 Å². The number of nitrogen functional groups attached to an aromatic ring is 1. The van der Waals surface area contributed by atoms with Crippen LogP contribution < -0.4 is 15.2 Å². The number of fused-ring (bicyclic) bond motifs is 1. The van der Waals surface area contributed by atoms with Crippen LogP contribution in [-0.2, 0) is 0 Å². The van der Waals surface area contributed by atoms with Gasteiger partial charge in [0.1, 0.15) is 16.5 Å². The molecule has 0 aliphatic heterocycles. The van der Waals surface area contributed by atoms with Gasteiger partial charge in [0.05, 0.1) is 24.4 Å². The van der Waals surface area contributed by atoms with Crippen molar-refractivity contribution in [3.63, 3.8) is 0 Å². The summed E-state index contributed by atoms with van der Waals surface area (Å²) in [7, 11) is 3.29. The molecule has 0 unspecified atom stereocenters. The maximum atomic E-state index is 6.04. The van der Waals surface area contributed by atoms with E-state index in [0.717, 1.165) is 32.3 Å². The van der Waals surface area contributed by atoms with Crippen molar-refractivity contribution >= 4 is 27.2 Å². The summed E-state index contributed by atoms with van der Waals surface area (Å²) in [5, 5.41) is 0.879. The maximum absolute atomic E-state index is 6.04. The van der Waals surface area contributed by atoms with E-state index in [0.29, 0.717) is 5.69 Å². The number of methoxy groups -OCH3 is 2. The number of hydrogen-bond donors (Lipinski definition) is 1. The largest absolute Gasteiger partial charge is 0.497 e. The molecule has 0 radical (unpaired) electrons. The molecule has 0 saturated carbocycles. The predicted molar refractivity (Wildman–Crippen MR) is 82.6 cm³/mol. The molecule has 102 valence electrons. The molecule has 2 aromatic carbocycles. The van der Waals surface area contributed by atoms with Crippen LogP contribution in [0, 0.1) is 0 Å². The first-order chi connectivity index (χ1) is 9.71. The Morgan fingerprint density at radius 1 is 1.00 bits per heavy atom. The number of nitrogens with zero attached hydrogens (tertiary/aromatic N) is 1. The van der Waals surface area contributed by atoms with Gasteiger partial charge >= 0.3 is 0 Å². The van der Waals surface area contributed by atoms with Gasteiger partial charge in [-0.25, -0.2) is 4.98 Å². The third kappa shape index (κ3) is 2.16. The molecule has 0 atom stereocenters. The summed E-state index contributed by atoms with van der Waals surface area (Å²) in [4.78, 5) is 4.62. The molecule has 0 fully saturated rings. The average Bonchev–Trinajstić information content (AvgIpc) is 2.90. The Morgan fingerprint density at radius 2 is 1.70 bits per heavy atom. The van der Waals surface area contributed by atoms with Crippen LogP contribution in [0.4, 0.5) is 5.69 Å². The number of nitrogens with two attached hydrogens (primary N) is 1. The van der Waals surface area contributed by atoms with Gasteiger partial charge in [-0.15, -0.1) is 11.3 Å². The smallest absolute Gasteiger partial charge is 0.126 e. The minimum absolute atomic E-state index is 0.692. The summed E-state index contributed by atoms with van der Waals surface area (Å²) < 4.78 is 11.5. The summed E-state index contributed by atoms with van der Waals surface area (Å²) >= 11 is 1.59. The lowest BCUT2D eigenvalue weighted by Crippen LogP contribution is -1.91. The van der Waals surface area contributed by atoms with Crippen LogP contribution in [0.5, 0.6) is 11.5 Å². The zero-order valence-corrected chi connectivity index (χ0v) is 12.0. The third-order valence-corrected chi connectivity index (χ3v) is 4.14. The van der Waals surface area contributed by atoms with Crippen molar-refractivity contribution in [1.29, 1.82) is 0 Å². The summed E-state index contributed by atoms with van der Waals surface area (Å²) in [6.07, 6.45) is 0. The first kappa shape index (κ1) is 12.7. The third-order valence-electron chi connectivity index (χ3n) is 3.09. The van der Waals surface area contributed by atoms with E-state index in [1.54, 1.807) is 25.6 Å². The van der Waals surface area contributed by atoms with Crippen molar-refractivity contribution in [2.24, 2.45) is 0 Å². The predicted octanol–water partition coefficient (Wildman–Crippen LogP) is 3.56. The van der Waals surface area contributed by atoms with E-state index in [-0.39, 0.29) is 0 Å². The van der Waals surface area contributed by atoms with Crippen molar-refractivity contribution in [2.75, 3.05) is 20.0 Å². The highest BCUT2D eigenvalue weighted by atomic mass is 32.1. The lowest BCUT2D eigenvalue weighted by molar-refractivity contribution is 0.415. The van der Waals surface area contributed by atoms with Crippen LogP contribution in [0.2, 0.25) is 0 Å². The van der Waals surface area contributed by atoms with E-state index in [9.17, 15) is 0 Å². The molecule has 1 aromatic heterocycles. The van der Waals surface area contributed by atoms with Crippen LogP contribution in [0.15, 0.2) is 36.4 Å². The van der Waals surface area contributed by atoms with Crippen molar-refractivity contribution in [3.05, 3.63) is 36.4 Å². The van der Waals surface area contributed by atoms with Gasteiger partial charge < -0.3 is 15.2 Å². The fourth-order valence-corrected chi connectivity index (χ4v) is 3.03. The fourth-order valence-electron chi connectivity index (χ4n) is 1.99. The molecule has 0 saturated heterocycles. The quantitative estimate of drug-likeness (QED) is 0.748. The number of benzene rings is 2. The molecule has 3 rings (SSSR count). The molecule has 1 heterocycles. The second kappa shape index (κ2) is 5.02. The molecule has 0 bridgehead atoms. The Balaban J connectivity index is 2.14. The molecule has 3 aromatic rings. The summed E-state index contributed by atoms with van der Waals surface area (Å²) in [5.41, 5.74) is 8.56. The van der Waals surface area contributed by atoms with Crippen molar-refractivity contribution in [2.45, 2.75) is 0 Å². The number of ether oxygens (including phenoxy) is 2. The van der Waals surface area contributed by atoms with Crippen LogP contribution in [0.1, 0.15) is 0 Å². The molecule has 5 heteroatoms. The van der Waals surface area contributed by atoms with Gasteiger partial charge in [-0.3, -0.25) is 0 Å². The van der Waals surface area contributed by atoms with Gasteiger partial charge in [-0.1, -0.05) is 0 Å². The molecule has 0 amide bonds. The first-order valence-electron chi connectivity index (χ1n) is 6.09. The van der Waals surface area contributed by atoms with Crippen LogP contribution >= 0.6 is 11.3 Å². The van der Waals surface area contributed by atoms with Gasteiger partial charge in [0, 0.05) is 11.3 Å². The Bertz CT molecular complexity index is 768. The van der Waals surface area contributed by atoms with E-state index in [4.69, 9.17) is 15.2 Å². The highest BCUT2D eigenvalue weighted by Gasteiger charge is 2.11. The molecular formula is C15H14N2O2S. The Hall–Kier alpha value is -2.27. The van der Waals surface area contributed by atoms with Crippen LogP contribution in [0.3, 0.4) is 0 Å². The fraction of sp³-hybridized carbons (Fsp3) is 0.133. The number of thiazole rings is 1. The lowest BCUT2D eigenvalue weighted by Gasteiger charge is -2.05. The number of anilines is 1. The summed E-state index contributed by atoms with van der Waals surface area (Å²) in [6.45, 7) is 0. The minimum atomic E-state index is 0.692. The number of hydrogen-bond acceptors (Lipinski definition) is 5. The number of aromatic nitrogens is 1. The van der Waals surface area contributed by atoms with Gasteiger partial charge in [0.15, 0.2) is 0 Å². The molecule has 2 N–H and O–H groups in total. The minimum Gasteiger partial charge on any atom is -0.497 e. The zero-order valence-electron chi connectivity index (χ0n) is 11.2. The van der Waals surface area contributed by atoms with E-state index in [1.165, 1.54) is 0 Å². The van der Waals surface area contributed by atoms with E-state index in [2.05, 4.69) is 4.98 Å². The number of rotatable bonds is 3. The molecule has 20 heavy (non-hydrogen) atoms. The molecule has 0 spiro atoms.